The molecule has 2 atom stereocenters. The van der Waals surface area contributed by atoms with Crippen LogP contribution in [0, 0.1) is 0 Å². The Kier molecular flexibility index (Phi) is 8.72. The lowest BCUT2D eigenvalue weighted by molar-refractivity contribution is -0.132. The number of carbonyl (C=O) groups is 2. The lowest BCUT2D eigenvalue weighted by atomic mass is 9.95. The predicted octanol–water partition coefficient (Wildman–Crippen LogP) is 2.74. The van der Waals surface area contributed by atoms with Gasteiger partial charge in [-0.2, -0.15) is 0 Å². The summed E-state index contributed by atoms with van der Waals surface area (Å²) < 4.78 is 5.26. The van der Waals surface area contributed by atoms with E-state index in [-0.39, 0.29) is 11.8 Å². The highest BCUT2D eigenvalue weighted by atomic mass is 16.6. The van der Waals surface area contributed by atoms with Crippen molar-refractivity contribution in [1.29, 1.82) is 0 Å². The highest BCUT2D eigenvalue weighted by Crippen LogP contribution is 2.22. The molecule has 7 nitrogen and oxygen atoms in total. The van der Waals surface area contributed by atoms with Crippen molar-refractivity contribution in [1.82, 2.24) is 15.5 Å². The smallest absolute Gasteiger partial charge is 0.407 e. The zero-order valence-corrected chi connectivity index (χ0v) is 18.6. The van der Waals surface area contributed by atoms with Gasteiger partial charge in [0, 0.05) is 37.8 Å². The summed E-state index contributed by atoms with van der Waals surface area (Å²) >= 11 is 0. The molecule has 1 aromatic rings. The molecule has 4 N–H and O–H groups in total. The Bertz CT molecular complexity index is 728. The Morgan fingerprint density at radius 1 is 1.33 bits per heavy atom. The summed E-state index contributed by atoms with van der Waals surface area (Å²) in [6, 6.07) is 9.84. The second-order valence-corrected chi connectivity index (χ2v) is 8.61. The molecule has 7 heteroatoms. The molecule has 0 aliphatic carbocycles. The molecule has 0 bridgehead atoms. The minimum absolute atomic E-state index is 0.0232. The normalized spacial score (nSPS) is 18.2. The first kappa shape index (κ1) is 23.7. The largest absolute Gasteiger partial charge is 0.444 e. The molecule has 1 heterocycles. The number of ether oxygens (including phenoxy) is 1. The van der Waals surface area contributed by atoms with Crippen molar-refractivity contribution >= 4 is 12.0 Å². The van der Waals surface area contributed by atoms with Crippen LogP contribution in [0.2, 0.25) is 0 Å². The van der Waals surface area contributed by atoms with Gasteiger partial charge in [0.2, 0.25) is 5.91 Å². The van der Waals surface area contributed by atoms with Crippen LogP contribution in [0.3, 0.4) is 0 Å². The third kappa shape index (κ3) is 7.37. The Balaban J connectivity index is 2.03. The van der Waals surface area contributed by atoms with E-state index >= 15 is 0 Å². The molecule has 30 heavy (non-hydrogen) atoms. The first-order valence-electron chi connectivity index (χ1n) is 10.7. The Morgan fingerprint density at radius 3 is 2.63 bits per heavy atom. The van der Waals surface area contributed by atoms with Crippen molar-refractivity contribution < 1.29 is 14.3 Å². The van der Waals surface area contributed by atoms with Gasteiger partial charge >= 0.3 is 6.09 Å². The fourth-order valence-corrected chi connectivity index (χ4v) is 3.47. The fraction of sp³-hybridized carbons (Fsp3) is 0.565. The summed E-state index contributed by atoms with van der Waals surface area (Å²) in [5, 5.41) is 5.98. The number of carbonyl (C=O) groups excluding carboxylic acids is 2. The first-order chi connectivity index (χ1) is 14.2. The zero-order valence-electron chi connectivity index (χ0n) is 18.6. The monoisotopic (exact) mass is 416 g/mol. The van der Waals surface area contributed by atoms with E-state index in [4.69, 9.17) is 10.5 Å². The number of nitrogens with one attached hydrogen (secondary N) is 2. The van der Waals surface area contributed by atoms with E-state index in [2.05, 4.69) is 29.7 Å². The molecule has 2 amide bonds. The molecular formula is C23H36N4O3. The van der Waals surface area contributed by atoms with E-state index in [0.717, 1.165) is 12.1 Å². The summed E-state index contributed by atoms with van der Waals surface area (Å²) in [6.07, 6.45) is 2.90. The van der Waals surface area contributed by atoms with Gasteiger partial charge in [-0.15, -0.1) is 0 Å². The molecule has 2 rings (SSSR count). The number of rotatable bonds is 8. The number of nitrogens with two attached hydrogens (primary N) is 1. The SMILES string of the molecule is CC[C@H](CN1CC=C(CN)N[C@@H](CCNC(=O)OC(C)(C)C)C1=O)c1ccccc1. The quantitative estimate of drug-likeness (QED) is 0.605. The van der Waals surface area contributed by atoms with Crippen molar-refractivity contribution in [3.8, 4) is 0 Å². The molecule has 1 aliphatic heterocycles. The Labute approximate surface area is 180 Å². The summed E-state index contributed by atoms with van der Waals surface area (Å²) in [4.78, 5) is 27.0. The Hall–Kier alpha value is -2.54. The average molecular weight is 417 g/mol. The molecule has 1 aliphatic rings. The van der Waals surface area contributed by atoms with Gasteiger partial charge in [0.25, 0.3) is 0 Å². The fourth-order valence-electron chi connectivity index (χ4n) is 3.47. The maximum atomic E-state index is 13.2. The summed E-state index contributed by atoms with van der Waals surface area (Å²) in [5.74, 6) is 0.290. The van der Waals surface area contributed by atoms with E-state index < -0.39 is 17.7 Å². The van der Waals surface area contributed by atoms with Crippen LogP contribution in [0.15, 0.2) is 42.1 Å². The third-order valence-electron chi connectivity index (χ3n) is 5.05. The van der Waals surface area contributed by atoms with Crippen molar-refractivity contribution in [3.63, 3.8) is 0 Å². The van der Waals surface area contributed by atoms with Gasteiger partial charge in [0.15, 0.2) is 0 Å². The van der Waals surface area contributed by atoms with E-state index in [1.807, 2.05) is 49.9 Å². The number of hydrogen-bond donors (Lipinski definition) is 3. The molecule has 0 fully saturated rings. The van der Waals surface area contributed by atoms with Crippen LogP contribution in [0.1, 0.15) is 52.0 Å². The Morgan fingerprint density at radius 2 is 2.03 bits per heavy atom. The van der Waals surface area contributed by atoms with Crippen molar-refractivity contribution in [2.45, 2.75) is 58.1 Å². The molecule has 0 aromatic heterocycles. The second kappa shape index (κ2) is 11.0. The van der Waals surface area contributed by atoms with Crippen LogP contribution in [-0.2, 0) is 9.53 Å². The van der Waals surface area contributed by atoms with Crippen LogP contribution in [0.4, 0.5) is 4.79 Å². The predicted molar refractivity (Wildman–Crippen MR) is 119 cm³/mol. The van der Waals surface area contributed by atoms with Gasteiger partial charge in [-0.1, -0.05) is 37.3 Å². The molecule has 0 spiro atoms. The molecule has 1 aromatic carbocycles. The van der Waals surface area contributed by atoms with Crippen LogP contribution in [-0.4, -0.2) is 54.7 Å². The lowest BCUT2D eigenvalue weighted by Gasteiger charge is -2.29. The lowest BCUT2D eigenvalue weighted by Crippen LogP contribution is -2.47. The second-order valence-electron chi connectivity index (χ2n) is 8.61. The number of amides is 2. The standard InChI is InChI=1S/C23H36N4O3/c1-5-17(18-9-7-6-8-10-18)16-27-14-12-19(15-24)26-20(21(27)28)11-13-25-22(29)30-23(2,3)4/h6-10,12,17,20,26H,5,11,13-16,24H2,1-4H3,(H,25,29)/t17-,20+/m1/s1. The zero-order chi connectivity index (χ0) is 22.1. The van der Waals surface area contributed by atoms with Crippen molar-refractivity contribution in [2.24, 2.45) is 5.73 Å². The topological polar surface area (TPSA) is 96.7 Å². The van der Waals surface area contributed by atoms with Crippen molar-refractivity contribution in [3.05, 3.63) is 47.7 Å². The molecule has 0 saturated heterocycles. The average Bonchev–Trinajstić information content (AvgIpc) is 2.84. The number of hydrogen-bond acceptors (Lipinski definition) is 5. The summed E-state index contributed by atoms with van der Waals surface area (Å²) in [6.45, 7) is 9.43. The van der Waals surface area contributed by atoms with E-state index in [1.165, 1.54) is 5.56 Å². The minimum Gasteiger partial charge on any atom is -0.444 e. The van der Waals surface area contributed by atoms with E-state index in [0.29, 0.717) is 32.6 Å². The maximum absolute atomic E-state index is 13.2. The van der Waals surface area contributed by atoms with E-state index in [9.17, 15) is 9.59 Å². The van der Waals surface area contributed by atoms with Crippen molar-refractivity contribution in [2.75, 3.05) is 26.2 Å². The van der Waals surface area contributed by atoms with Crippen LogP contribution in [0.5, 0.6) is 0 Å². The van der Waals surface area contributed by atoms with Gasteiger partial charge in [-0.3, -0.25) is 4.79 Å². The van der Waals surface area contributed by atoms with Gasteiger partial charge in [0.05, 0.1) is 0 Å². The molecular weight excluding hydrogens is 380 g/mol. The van der Waals surface area contributed by atoms with Gasteiger partial charge < -0.3 is 26.0 Å². The number of nitrogens with zero attached hydrogens (tertiary/aromatic N) is 1. The van der Waals surface area contributed by atoms with Gasteiger partial charge in [0.1, 0.15) is 11.6 Å². The number of benzene rings is 1. The maximum Gasteiger partial charge on any atom is 0.407 e. The van der Waals surface area contributed by atoms with Gasteiger partial charge in [-0.25, -0.2) is 4.79 Å². The van der Waals surface area contributed by atoms with Gasteiger partial charge in [-0.05, 0) is 45.3 Å². The van der Waals surface area contributed by atoms with Crippen LogP contribution >= 0.6 is 0 Å². The molecule has 0 unspecified atom stereocenters. The highest BCUT2D eigenvalue weighted by molar-refractivity contribution is 5.83. The molecule has 166 valence electrons. The summed E-state index contributed by atoms with van der Waals surface area (Å²) in [7, 11) is 0. The van der Waals surface area contributed by atoms with Crippen LogP contribution < -0.4 is 16.4 Å². The summed E-state index contributed by atoms with van der Waals surface area (Å²) in [5.41, 5.74) is 7.36. The van der Waals surface area contributed by atoms with Crippen LogP contribution in [0.25, 0.3) is 0 Å². The third-order valence-corrected chi connectivity index (χ3v) is 5.05. The molecule has 0 radical (unpaired) electrons. The van der Waals surface area contributed by atoms with E-state index in [1.54, 1.807) is 0 Å². The molecule has 0 saturated carbocycles. The number of alkyl carbamates (subject to hydrolysis) is 1. The highest BCUT2D eigenvalue weighted by Gasteiger charge is 2.28. The minimum atomic E-state index is -0.556. The first-order valence-corrected chi connectivity index (χ1v) is 10.7.